The number of rotatable bonds is 5. The lowest BCUT2D eigenvalue weighted by molar-refractivity contribution is 0.189. The molecule has 0 bridgehead atoms. The molecule has 1 aromatic heterocycles. The molecule has 0 aliphatic heterocycles. The summed E-state index contributed by atoms with van der Waals surface area (Å²) in [5, 5.41) is 9.67. The predicted molar refractivity (Wildman–Crippen MR) is 76.9 cm³/mol. The van der Waals surface area contributed by atoms with Crippen molar-refractivity contribution < 1.29 is 19.0 Å². The van der Waals surface area contributed by atoms with Crippen molar-refractivity contribution in [3.05, 3.63) is 53.1 Å². The number of ether oxygens (including phenoxy) is 2. The Balaban J connectivity index is 2.18. The number of aliphatic hydroxyl groups is 1. The molecule has 0 amide bonds. The predicted octanol–water partition coefficient (Wildman–Crippen LogP) is 3.17. The first-order chi connectivity index (χ1) is 9.99. The van der Waals surface area contributed by atoms with Gasteiger partial charge >= 0.3 is 0 Å². The van der Waals surface area contributed by atoms with E-state index in [1.165, 1.54) is 18.2 Å². The number of halogens is 1. The van der Waals surface area contributed by atoms with Crippen LogP contribution in [0.4, 0.5) is 4.39 Å². The van der Waals surface area contributed by atoms with Crippen LogP contribution in [0, 0.1) is 12.7 Å². The maximum atomic E-state index is 13.2. The van der Waals surface area contributed by atoms with Crippen LogP contribution in [0.1, 0.15) is 30.0 Å². The summed E-state index contributed by atoms with van der Waals surface area (Å²) in [5.41, 5.74) is 1.94. The lowest BCUT2D eigenvalue weighted by atomic mass is 10.1. The molecule has 0 saturated carbocycles. The Bertz CT molecular complexity index is 629. The molecule has 0 radical (unpaired) electrons. The fourth-order valence-electron chi connectivity index (χ4n) is 2.02. The van der Waals surface area contributed by atoms with Crippen molar-refractivity contribution in [2.45, 2.75) is 26.6 Å². The van der Waals surface area contributed by atoms with Crippen LogP contribution in [0.5, 0.6) is 11.5 Å². The number of aryl methyl sites for hydroxylation is 1. The average Bonchev–Trinajstić information content (AvgIpc) is 2.45. The van der Waals surface area contributed by atoms with E-state index in [1.54, 1.807) is 20.1 Å². The van der Waals surface area contributed by atoms with Crippen molar-refractivity contribution in [2.75, 3.05) is 7.11 Å². The molecule has 0 aliphatic rings. The van der Waals surface area contributed by atoms with Crippen LogP contribution in [0.3, 0.4) is 0 Å². The molecule has 112 valence electrons. The van der Waals surface area contributed by atoms with Gasteiger partial charge in [-0.05, 0) is 32.0 Å². The average molecular weight is 291 g/mol. The molecule has 1 N–H and O–H groups in total. The van der Waals surface area contributed by atoms with Crippen LogP contribution in [0.15, 0.2) is 30.3 Å². The highest BCUT2D eigenvalue weighted by Crippen LogP contribution is 2.27. The molecule has 2 rings (SSSR count). The topological polar surface area (TPSA) is 51.6 Å². The van der Waals surface area contributed by atoms with Gasteiger partial charge in [0, 0.05) is 23.4 Å². The van der Waals surface area contributed by atoms with Crippen molar-refractivity contribution in [2.24, 2.45) is 0 Å². The summed E-state index contributed by atoms with van der Waals surface area (Å²) in [6, 6.07) is 7.67. The number of benzene rings is 1. The van der Waals surface area contributed by atoms with Crippen LogP contribution in [0.2, 0.25) is 0 Å². The zero-order valence-electron chi connectivity index (χ0n) is 12.3. The van der Waals surface area contributed by atoms with E-state index in [4.69, 9.17) is 9.47 Å². The molecule has 4 nitrogen and oxygen atoms in total. The van der Waals surface area contributed by atoms with Crippen molar-refractivity contribution in [3.63, 3.8) is 0 Å². The van der Waals surface area contributed by atoms with Gasteiger partial charge in [-0.1, -0.05) is 0 Å². The molecule has 1 atom stereocenters. The summed E-state index contributed by atoms with van der Waals surface area (Å²) < 4.78 is 24.1. The van der Waals surface area contributed by atoms with Crippen LogP contribution in [0.25, 0.3) is 0 Å². The summed E-state index contributed by atoms with van der Waals surface area (Å²) >= 11 is 0. The Kier molecular flexibility index (Phi) is 4.75. The number of aliphatic hydroxyl groups excluding tert-OH is 1. The molecule has 0 aliphatic carbocycles. The summed E-state index contributed by atoms with van der Waals surface area (Å²) in [6.07, 6.45) is -0.810. The van der Waals surface area contributed by atoms with E-state index in [0.29, 0.717) is 22.8 Å². The number of pyridine rings is 1. The standard InChI is InChI=1S/C16H18FNO3/c1-10-6-14(20-3)8-13(18-10)9-21-16-5-4-12(17)7-15(16)11(2)19/h4-8,11,19H,9H2,1-3H3/t11-/m1/s1. The van der Waals surface area contributed by atoms with E-state index in [9.17, 15) is 9.50 Å². The molecule has 0 spiro atoms. The Labute approximate surface area is 123 Å². The highest BCUT2D eigenvalue weighted by atomic mass is 19.1. The fourth-order valence-corrected chi connectivity index (χ4v) is 2.02. The van der Waals surface area contributed by atoms with Crippen molar-refractivity contribution >= 4 is 0 Å². The summed E-state index contributed by atoms with van der Waals surface area (Å²) in [4.78, 5) is 4.35. The van der Waals surface area contributed by atoms with Crippen LogP contribution in [-0.2, 0) is 6.61 Å². The van der Waals surface area contributed by atoms with Gasteiger partial charge in [-0.15, -0.1) is 0 Å². The first kappa shape index (κ1) is 15.3. The molecule has 5 heteroatoms. The second kappa shape index (κ2) is 6.54. The molecule has 1 aromatic carbocycles. The molecular formula is C16H18FNO3. The number of nitrogens with zero attached hydrogens (tertiary/aromatic N) is 1. The first-order valence-electron chi connectivity index (χ1n) is 6.61. The lowest BCUT2D eigenvalue weighted by Crippen LogP contribution is -2.04. The van der Waals surface area contributed by atoms with Gasteiger partial charge in [0.15, 0.2) is 0 Å². The highest BCUT2D eigenvalue weighted by Gasteiger charge is 2.11. The summed E-state index contributed by atoms with van der Waals surface area (Å²) in [6.45, 7) is 3.64. The summed E-state index contributed by atoms with van der Waals surface area (Å²) in [7, 11) is 1.59. The Morgan fingerprint density at radius 1 is 1.29 bits per heavy atom. The minimum atomic E-state index is -0.810. The number of aromatic nitrogens is 1. The third-order valence-corrected chi connectivity index (χ3v) is 3.01. The second-order valence-corrected chi connectivity index (χ2v) is 4.79. The van der Waals surface area contributed by atoms with Gasteiger partial charge in [-0.3, -0.25) is 4.98 Å². The SMILES string of the molecule is COc1cc(C)nc(COc2ccc(F)cc2[C@@H](C)O)c1. The van der Waals surface area contributed by atoms with Crippen LogP contribution < -0.4 is 9.47 Å². The van der Waals surface area contributed by atoms with Crippen LogP contribution in [-0.4, -0.2) is 17.2 Å². The Morgan fingerprint density at radius 2 is 2.05 bits per heavy atom. The lowest BCUT2D eigenvalue weighted by Gasteiger charge is -2.14. The van der Waals surface area contributed by atoms with Crippen molar-refractivity contribution in [1.82, 2.24) is 4.98 Å². The van der Waals surface area contributed by atoms with Gasteiger partial charge < -0.3 is 14.6 Å². The quantitative estimate of drug-likeness (QED) is 0.919. The van der Waals surface area contributed by atoms with Gasteiger partial charge in [0.2, 0.25) is 0 Å². The third-order valence-electron chi connectivity index (χ3n) is 3.01. The first-order valence-corrected chi connectivity index (χ1v) is 6.61. The maximum absolute atomic E-state index is 13.2. The van der Waals surface area contributed by atoms with E-state index < -0.39 is 11.9 Å². The van der Waals surface area contributed by atoms with Gasteiger partial charge in [-0.2, -0.15) is 0 Å². The second-order valence-electron chi connectivity index (χ2n) is 4.79. The zero-order valence-corrected chi connectivity index (χ0v) is 12.3. The summed E-state index contributed by atoms with van der Waals surface area (Å²) in [5.74, 6) is 0.734. The minimum absolute atomic E-state index is 0.212. The van der Waals surface area contributed by atoms with E-state index in [2.05, 4.69) is 4.98 Å². The van der Waals surface area contributed by atoms with Gasteiger partial charge in [-0.25, -0.2) is 4.39 Å². The number of hydrogen-bond donors (Lipinski definition) is 1. The van der Waals surface area contributed by atoms with E-state index in [-0.39, 0.29) is 6.61 Å². The smallest absolute Gasteiger partial charge is 0.130 e. The molecule has 1 heterocycles. The van der Waals surface area contributed by atoms with Crippen molar-refractivity contribution in [1.29, 1.82) is 0 Å². The Morgan fingerprint density at radius 3 is 2.71 bits per heavy atom. The monoisotopic (exact) mass is 291 g/mol. The molecule has 2 aromatic rings. The normalized spacial score (nSPS) is 12.0. The third kappa shape index (κ3) is 3.92. The van der Waals surface area contributed by atoms with Gasteiger partial charge in [0.25, 0.3) is 0 Å². The van der Waals surface area contributed by atoms with Gasteiger partial charge in [0.1, 0.15) is 23.9 Å². The zero-order chi connectivity index (χ0) is 15.4. The fraction of sp³-hybridized carbons (Fsp3) is 0.312. The molecule has 0 unspecified atom stereocenters. The van der Waals surface area contributed by atoms with Gasteiger partial charge in [0.05, 0.1) is 18.9 Å². The molecule has 21 heavy (non-hydrogen) atoms. The van der Waals surface area contributed by atoms with E-state index >= 15 is 0 Å². The minimum Gasteiger partial charge on any atom is -0.497 e. The largest absolute Gasteiger partial charge is 0.497 e. The molecule has 0 fully saturated rings. The number of methoxy groups -OCH3 is 1. The highest BCUT2D eigenvalue weighted by molar-refractivity contribution is 5.36. The Hall–Kier alpha value is -2.14. The van der Waals surface area contributed by atoms with Crippen molar-refractivity contribution in [3.8, 4) is 11.5 Å². The molecule has 0 saturated heterocycles. The van der Waals surface area contributed by atoms with E-state index in [1.807, 2.05) is 13.0 Å². The molecular weight excluding hydrogens is 273 g/mol. The van der Waals surface area contributed by atoms with E-state index in [0.717, 1.165) is 5.69 Å². The maximum Gasteiger partial charge on any atom is 0.130 e. The number of hydrogen-bond acceptors (Lipinski definition) is 4. The van der Waals surface area contributed by atoms with Crippen LogP contribution >= 0.6 is 0 Å².